The Balaban J connectivity index is 1.61. The highest BCUT2D eigenvalue weighted by molar-refractivity contribution is 5.97. The molecule has 3 heterocycles. The molecular formula is C20H20N4O4. The van der Waals surface area contributed by atoms with E-state index in [-0.39, 0.29) is 11.9 Å². The van der Waals surface area contributed by atoms with Crippen LogP contribution in [0.25, 0.3) is 11.5 Å². The van der Waals surface area contributed by atoms with Gasteiger partial charge in [-0.05, 0) is 37.1 Å². The third-order valence-electron chi connectivity index (χ3n) is 4.81. The summed E-state index contributed by atoms with van der Waals surface area (Å²) in [7, 11) is 3.11. The van der Waals surface area contributed by atoms with Crippen LogP contribution in [0.5, 0.6) is 11.5 Å². The molecule has 0 saturated carbocycles. The molecule has 144 valence electrons. The molecule has 1 aromatic carbocycles. The lowest BCUT2D eigenvalue weighted by atomic mass is 10.1. The highest BCUT2D eigenvalue weighted by atomic mass is 16.5. The van der Waals surface area contributed by atoms with Gasteiger partial charge in [0.15, 0.2) is 0 Å². The molecule has 1 amide bonds. The molecule has 1 atom stereocenters. The number of amides is 1. The zero-order chi connectivity index (χ0) is 19.5. The van der Waals surface area contributed by atoms with Crippen molar-refractivity contribution >= 4 is 5.91 Å². The van der Waals surface area contributed by atoms with Gasteiger partial charge in [-0.2, -0.15) is 0 Å². The molecule has 1 aliphatic rings. The molecule has 1 fully saturated rings. The summed E-state index contributed by atoms with van der Waals surface area (Å²) in [6.07, 6.45) is 4.96. The van der Waals surface area contributed by atoms with E-state index in [0.29, 0.717) is 35.4 Å². The van der Waals surface area contributed by atoms with Gasteiger partial charge in [-0.25, -0.2) is 0 Å². The second-order valence-electron chi connectivity index (χ2n) is 6.40. The maximum Gasteiger partial charge on any atom is 0.258 e. The number of likely N-dealkylation sites (tertiary alicyclic amines) is 1. The number of nitrogens with zero attached hydrogens (tertiary/aromatic N) is 4. The minimum atomic E-state index is -0.262. The van der Waals surface area contributed by atoms with Gasteiger partial charge in [-0.1, -0.05) is 0 Å². The van der Waals surface area contributed by atoms with Crippen LogP contribution in [-0.4, -0.2) is 46.8 Å². The highest BCUT2D eigenvalue weighted by Crippen LogP contribution is 2.35. The van der Waals surface area contributed by atoms with Gasteiger partial charge in [-0.3, -0.25) is 9.78 Å². The summed E-state index contributed by atoms with van der Waals surface area (Å²) in [5.41, 5.74) is 1.27. The number of aromatic nitrogens is 3. The number of carbonyl (C=O) groups excluding carboxylic acids is 1. The summed E-state index contributed by atoms with van der Waals surface area (Å²) in [5.74, 6) is 1.82. The van der Waals surface area contributed by atoms with E-state index >= 15 is 0 Å². The lowest BCUT2D eigenvalue weighted by Gasteiger charge is -2.23. The lowest BCUT2D eigenvalue weighted by Crippen LogP contribution is -2.31. The largest absolute Gasteiger partial charge is 0.497 e. The average molecular weight is 380 g/mol. The SMILES string of the molecule is COc1ccc(C(=O)N2CCCC2c2nnc(-c3ccncc3)o2)c(OC)c1. The van der Waals surface area contributed by atoms with Crippen molar-refractivity contribution in [3.05, 3.63) is 54.2 Å². The predicted octanol–water partition coefficient (Wildman–Crippen LogP) is 3.13. The molecular weight excluding hydrogens is 360 g/mol. The molecule has 1 unspecified atom stereocenters. The zero-order valence-electron chi connectivity index (χ0n) is 15.7. The predicted molar refractivity (Wildman–Crippen MR) is 100 cm³/mol. The van der Waals surface area contributed by atoms with E-state index < -0.39 is 0 Å². The van der Waals surface area contributed by atoms with Gasteiger partial charge < -0.3 is 18.8 Å². The van der Waals surface area contributed by atoms with Gasteiger partial charge in [-0.15, -0.1) is 10.2 Å². The van der Waals surface area contributed by atoms with Crippen LogP contribution in [0.3, 0.4) is 0 Å². The van der Waals surface area contributed by atoms with Crippen molar-refractivity contribution in [1.82, 2.24) is 20.1 Å². The van der Waals surface area contributed by atoms with Gasteiger partial charge in [0.25, 0.3) is 5.91 Å². The first kappa shape index (κ1) is 18.0. The number of ether oxygens (including phenoxy) is 2. The van der Waals surface area contributed by atoms with Gasteiger partial charge in [0, 0.05) is 30.6 Å². The average Bonchev–Trinajstić information content (AvgIpc) is 3.42. The van der Waals surface area contributed by atoms with Crippen LogP contribution < -0.4 is 9.47 Å². The molecule has 8 heteroatoms. The second kappa shape index (κ2) is 7.67. The Hall–Kier alpha value is -3.42. The summed E-state index contributed by atoms with van der Waals surface area (Å²) in [6.45, 7) is 0.617. The maximum atomic E-state index is 13.2. The van der Waals surface area contributed by atoms with Gasteiger partial charge >= 0.3 is 0 Å². The van der Waals surface area contributed by atoms with Crippen molar-refractivity contribution in [3.8, 4) is 23.0 Å². The summed E-state index contributed by atoms with van der Waals surface area (Å²) < 4.78 is 16.5. The second-order valence-corrected chi connectivity index (χ2v) is 6.40. The first-order chi connectivity index (χ1) is 13.7. The summed E-state index contributed by atoms with van der Waals surface area (Å²) in [4.78, 5) is 18.9. The Kier molecular flexibility index (Phi) is 4.92. The minimum Gasteiger partial charge on any atom is -0.497 e. The maximum absolute atomic E-state index is 13.2. The minimum absolute atomic E-state index is 0.134. The molecule has 0 aliphatic carbocycles. The summed E-state index contributed by atoms with van der Waals surface area (Å²) in [6, 6.07) is 8.50. The molecule has 0 spiro atoms. The normalized spacial score (nSPS) is 16.2. The Morgan fingerprint density at radius 1 is 1.14 bits per heavy atom. The van der Waals surface area contributed by atoms with E-state index in [1.54, 1.807) is 54.7 Å². The first-order valence-corrected chi connectivity index (χ1v) is 8.98. The Labute approximate surface area is 162 Å². The third kappa shape index (κ3) is 3.28. The van der Waals surface area contributed by atoms with E-state index in [9.17, 15) is 4.79 Å². The summed E-state index contributed by atoms with van der Waals surface area (Å²) >= 11 is 0. The van der Waals surface area contributed by atoms with Gasteiger partial charge in [0.05, 0.1) is 19.8 Å². The number of rotatable bonds is 5. The van der Waals surface area contributed by atoms with Gasteiger partial charge in [0.1, 0.15) is 17.5 Å². The number of methoxy groups -OCH3 is 2. The number of benzene rings is 1. The topological polar surface area (TPSA) is 90.6 Å². The molecule has 0 radical (unpaired) electrons. The molecule has 1 saturated heterocycles. The van der Waals surface area contributed by atoms with Crippen molar-refractivity contribution < 1.29 is 18.7 Å². The fourth-order valence-electron chi connectivity index (χ4n) is 3.38. The smallest absolute Gasteiger partial charge is 0.258 e. The number of hydrogen-bond donors (Lipinski definition) is 0. The van der Waals surface area contributed by atoms with E-state index in [1.807, 2.05) is 0 Å². The molecule has 3 aromatic rings. The molecule has 4 rings (SSSR count). The van der Waals surface area contributed by atoms with Crippen LogP contribution in [0.4, 0.5) is 0 Å². The van der Waals surface area contributed by atoms with Crippen LogP contribution in [0.15, 0.2) is 47.1 Å². The Bertz CT molecular complexity index is 973. The van der Waals surface area contributed by atoms with E-state index in [4.69, 9.17) is 13.9 Å². The van der Waals surface area contributed by atoms with Crippen LogP contribution in [-0.2, 0) is 0 Å². The number of carbonyl (C=O) groups is 1. The fourth-order valence-corrected chi connectivity index (χ4v) is 3.38. The number of hydrogen-bond acceptors (Lipinski definition) is 7. The standard InChI is InChI=1S/C20H20N4O4/c1-26-14-5-6-15(17(12-14)27-2)20(25)24-11-3-4-16(24)19-23-22-18(28-19)13-7-9-21-10-8-13/h5-10,12,16H,3-4,11H2,1-2H3. The van der Waals surface area contributed by atoms with E-state index in [2.05, 4.69) is 15.2 Å². The van der Waals surface area contributed by atoms with Crippen molar-refractivity contribution in [2.45, 2.75) is 18.9 Å². The Morgan fingerprint density at radius 2 is 1.96 bits per heavy atom. The molecule has 2 aromatic heterocycles. The van der Waals surface area contributed by atoms with Crippen LogP contribution >= 0.6 is 0 Å². The van der Waals surface area contributed by atoms with E-state index in [0.717, 1.165) is 18.4 Å². The van der Waals surface area contributed by atoms with Crippen LogP contribution in [0, 0.1) is 0 Å². The van der Waals surface area contributed by atoms with Crippen molar-refractivity contribution in [2.75, 3.05) is 20.8 Å². The Morgan fingerprint density at radius 3 is 2.71 bits per heavy atom. The van der Waals surface area contributed by atoms with Gasteiger partial charge in [0.2, 0.25) is 11.8 Å². The molecule has 28 heavy (non-hydrogen) atoms. The molecule has 1 aliphatic heterocycles. The zero-order valence-corrected chi connectivity index (χ0v) is 15.7. The summed E-state index contributed by atoms with van der Waals surface area (Å²) in [5, 5.41) is 8.32. The number of pyridine rings is 1. The van der Waals surface area contributed by atoms with Crippen molar-refractivity contribution in [2.24, 2.45) is 0 Å². The highest BCUT2D eigenvalue weighted by Gasteiger charge is 2.35. The van der Waals surface area contributed by atoms with Crippen LogP contribution in [0.1, 0.15) is 35.1 Å². The first-order valence-electron chi connectivity index (χ1n) is 8.98. The van der Waals surface area contributed by atoms with Crippen LogP contribution in [0.2, 0.25) is 0 Å². The molecule has 0 N–H and O–H groups in total. The lowest BCUT2D eigenvalue weighted by molar-refractivity contribution is 0.0712. The quantitative estimate of drug-likeness (QED) is 0.671. The van der Waals surface area contributed by atoms with Crippen molar-refractivity contribution in [1.29, 1.82) is 0 Å². The fraction of sp³-hybridized carbons (Fsp3) is 0.300. The third-order valence-corrected chi connectivity index (χ3v) is 4.81. The van der Waals surface area contributed by atoms with E-state index in [1.165, 1.54) is 7.11 Å². The monoisotopic (exact) mass is 380 g/mol. The molecule has 8 nitrogen and oxygen atoms in total. The van der Waals surface area contributed by atoms with Crippen molar-refractivity contribution in [3.63, 3.8) is 0 Å². The molecule has 0 bridgehead atoms.